The second kappa shape index (κ2) is 6.82. The number of rotatable bonds is 4. The summed E-state index contributed by atoms with van der Waals surface area (Å²) in [6.45, 7) is 8.39. The Hall–Kier alpha value is -1.69. The monoisotopic (exact) mass is 334 g/mol. The molecule has 1 saturated carbocycles. The minimum absolute atomic E-state index is 0.0263. The molecule has 2 atom stereocenters. The lowest BCUT2D eigenvalue weighted by molar-refractivity contribution is -0.384. The van der Waals surface area contributed by atoms with Crippen molar-refractivity contribution >= 4 is 25.2 Å². The van der Waals surface area contributed by atoms with Crippen molar-refractivity contribution in [3.8, 4) is 5.75 Å². The zero-order valence-corrected chi connectivity index (χ0v) is 15.4. The minimum atomic E-state index is -1.88. The summed E-state index contributed by atoms with van der Waals surface area (Å²) in [7, 11) is -1.88. The lowest BCUT2D eigenvalue weighted by Crippen LogP contribution is -2.38. The summed E-state index contributed by atoms with van der Waals surface area (Å²) in [5.74, 6) is 0.680. The van der Waals surface area contributed by atoms with Gasteiger partial charge in [0.15, 0.2) is 0 Å². The third-order valence-corrected chi connectivity index (χ3v) is 6.61. The Bertz CT molecular complexity index is 623. The fraction of sp³-hybridized carbons (Fsp3) is 0.588. The quantitative estimate of drug-likeness (QED) is 0.393. The fourth-order valence-corrected chi connectivity index (χ4v) is 4.55. The molecule has 0 bridgehead atoms. The van der Waals surface area contributed by atoms with E-state index in [1.54, 1.807) is 6.21 Å². The number of nitro benzene ring substituents is 1. The van der Waals surface area contributed by atoms with E-state index in [4.69, 9.17) is 0 Å². The zero-order valence-electron chi connectivity index (χ0n) is 14.4. The van der Waals surface area contributed by atoms with Crippen molar-refractivity contribution in [2.75, 3.05) is 0 Å². The Balaban J connectivity index is 2.40. The third-order valence-electron chi connectivity index (χ3n) is 4.61. The first-order valence-electron chi connectivity index (χ1n) is 8.25. The highest BCUT2D eigenvalue weighted by Crippen LogP contribution is 2.27. The van der Waals surface area contributed by atoms with Crippen LogP contribution in [-0.4, -0.2) is 30.4 Å². The molecule has 126 valence electrons. The van der Waals surface area contributed by atoms with Gasteiger partial charge in [0.2, 0.25) is 0 Å². The van der Waals surface area contributed by atoms with E-state index in [0.29, 0.717) is 16.7 Å². The summed E-state index contributed by atoms with van der Waals surface area (Å²) in [4.78, 5) is 15.4. The van der Waals surface area contributed by atoms with Crippen molar-refractivity contribution in [3.05, 3.63) is 27.8 Å². The van der Waals surface area contributed by atoms with Crippen LogP contribution < -0.4 is 5.19 Å². The average Bonchev–Trinajstić information content (AvgIpc) is 2.46. The van der Waals surface area contributed by atoms with Crippen molar-refractivity contribution < 1.29 is 10.0 Å². The molecule has 1 aromatic rings. The van der Waals surface area contributed by atoms with E-state index >= 15 is 0 Å². The Morgan fingerprint density at radius 3 is 2.52 bits per heavy atom. The van der Waals surface area contributed by atoms with Crippen LogP contribution in [0.1, 0.15) is 38.2 Å². The highest BCUT2D eigenvalue weighted by molar-refractivity contribution is 6.89. The topological polar surface area (TPSA) is 75.7 Å². The average molecular weight is 334 g/mol. The molecule has 2 unspecified atom stereocenters. The molecule has 1 aromatic carbocycles. The molecule has 6 heteroatoms. The maximum absolute atomic E-state index is 11.2. The van der Waals surface area contributed by atoms with Crippen LogP contribution in [0.4, 0.5) is 5.69 Å². The summed E-state index contributed by atoms with van der Waals surface area (Å²) in [5.41, 5.74) is 0.493. The van der Waals surface area contributed by atoms with Crippen LogP contribution in [0.15, 0.2) is 17.1 Å². The second-order valence-electron chi connectivity index (χ2n) is 7.55. The van der Waals surface area contributed by atoms with Crippen LogP contribution in [0.25, 0.3) is 0 Å². The van der Waals surface area contributed by atoms with Gasteiger partial charge in [0.05, 0.1) is 19.0 Å². The number of hydrogen-bond acceptors (Lipinski definition) is 4. The molecule has 0 saturated heterocycles. The molecule has 2 rings (SSSR count). The SMILES string of the molecule is CC1CCCCC1N=Cc1cc([N+](=O)[O-])cc([Si](C)(C)C)c1O. The molecular formula is C17H26N2O3Si. The van der Waals surface area contributed by atoms with Crippen molar-refractivity contribution in [2.45, 2.75) is 58.3 Å². The first kappa shape index (κ1) is 17.7. The van der Waals surface area contributed by atoms with E-state index in [2.05, 4.69) is 31.6 Å². The molecule has 5 nitrogen and oxygen atoms in total. The van der Waals surface area contributed by atoms with Gasteiger partial charge >= 0.3 is 0 Å². The molecule has 0 heterocycles. The van der Waals surface area contributed by atoms with Crippen LogP contribution in [0, 0.1) is 16.0 Å². The molecule has 0 radical (unpaired) electrons. The predicted octanol–water partition coefficient (Wildman–Crippen LogP) is 3.84. The number of aliphatic imine (C=N–C) groups is 1. The van der Waals surface area contributed by atoms with Gasteiger partial charge < -0.3 is 5.11 Å². The smallest absolute Gasteiger partial charge is 0.270 e. The van der Waals surface area contributed by atoms with Gasteiger partial charge in [-0.3, -0.25) is 15.1 Å². The van der Waals surface area contributed by atoms with E-state index in [0.717, 1.165) is 6.42 Å². The first-order chi connectivity index (χ1) is 10.7. The zero-order chi connectivity index (χ0) is 17.2. The van der Waals surface area contributed by atoms with Crippen LogP contribution in [0.2, 0.25) is 19.6 Å². The summed E-state index contributed by atoms with van der Waals surface area (Å²) in [6.07, 6.45) is 6.28. The number of nitro groups is 1. The van der Waals surface area contributed by atoms with Crippen LogP contribution >= 0.6 is 0 Å². The summed E-state index contributed by atoms with van der Waals surface area (Å²) in [6, 6.07) is 3.19. The van der Waals surface area contributed by atoms with Gasteiger partial charge in [-0.15, -0.1) is 0 Å². The van der Waals surface area contributed by atoms with E-state index < -0.39 is 13.0 Å². The summed E-state index contributed by atoms with van der Waals surface area (Å²) in [5, 5.41) is 22.5. The highest BCUT2D eigenvalue weighted by Gasteiger charge is 2.26. The number of non-ortho nitro benzene ring substituents is 1. The largest absolute Gasteiger partial charge is 0.507 e. The maximum atomic E-state index is 11.2. The van der Waals surface area contributed by atoms with Gasteiger partial charge in [-0.1, -0.05) is 39.4 Å². The van der Waals surface area contributed by atoms with Crippen molar-refractivity contribution in [2.24, 2.45) is 10.9 Å². The summed E-state index contributed by atoms with van der Waals surface area (Å²) >= 11 is 0. The van der Waals surface area contributed by atoms with E-state index in [1.807, 2.05) is 0 Å². The van der Waals surface area contributed by atoms with Gasteiger partial charge in [0.25, 0.3) is 5.69 Å². The first-order valence-corrected chi connectivity index (χ1v) is 11.7. The molecule has 1 fully saturated rings. The van der Waals surface area contributed by atoms with Crippen LogP contribution in [0.3, 0.4) is 0 Å². The van der Waals surface area contributed by atoms with Gasteiger partial charge in [0.1, 0.15) is 5.75 Å². The maximum Gasteiger partial charge on any atom is 0.270 e. The second-order valence-corrected chi connectivity index (χ2v) is 12.6. The van der Waals surface area contributed by atoms with Gasteiger partial charge in [-0.05, 0) is 23.9 Å². The van der Waals surface area contributed by atoms with E-state index in [9.17, 15) is 15.2 Å². The Morgan fingerprint density at radius 2 is 1.96 bits per heavy atom. The number of phenols is 1. The molecule has 0 spiro atoms. The normalized spacial score (nSPS) is 22.4. The fourth-order valence-electron chi connectivity index (χ4n) is 3.11. The molecule has 1 aliphatic carbocycles. The van der Waals surface area contributed by atoms with Gasteiger partial charge in [0, 0.05) is 23.9 Å². The molecule has 23 heavy (non-hydrogen) atoms. The lowest BCUT2D eigenvalue weighted by atomic mass is 9.86. The number of benzene rings is 1. The van der Waals surface area contributed by atoms with Crippen molar-refractivity contribution in [1.29, 1.82) is 0 Å². The number of hydrogen-bond donors (Lipinski definition) is 1. The molecular weight excluding hydrogens is 308 g/mol. The predicted molar refractivity (Wildman–Crippen MR) is 96.8 cm³/mol. The van der Waals surface area contributed by atoms with Crippen LogP contribution in [-0.2, 0) is 0 Å². The molecule has 1 aliphatic rings. The lowest BCUT2D eigenvalue weighted by Gasteiger charge is -2.25. The van der Waals surface area contributed by atoms with Gasteiger partial charge in [-0.2, -0.15) is 0 Å². The molecule has 0 amide bonds. The molecule has 1 N–H and O–H groups in total. The number of nitrogens with zero attached hydrogens (tertiary/aromatic N) is 2. The Kier molecular flexibility index (Phi) is 5.24. The van der Waals surface area contributed by atoms with Crippen LogP contribution in [0.5, 0.6) is 5.75 Å². The minimum Gasteiger partial charge on any atom is -0.507 e. The molecule has 0 aromatic heterocycles. The van der Waals surface area contributed by atoms with E-state index in [-0.39, 0.29) is 17.5 Å². The summed E-state index contributed by atoms with van der Waals surface area (Å²) < 4.78 is 0. The van der Waals surface area contributed by atoms with Gasteiger partial charge in [-0.25, -0.2) is 0 Å². The Labute approximate surface area is 138 Å². The molecule has 0 aliphatic heterocycles. The third kappa shape index (κ3) is 4.19. The van der Waals surface area contributed by atoms with Crippen molar-refractivity contribution in [3.63, 3.8) is 0 Å². The van der Waals surface area contributed by atoms with E-state index in [1.165, 1.54) is 31.4 Å². The highest BCUT2D eigenvalue weighted by atomic mass is 28.3. The Morgan fingerprint density at radius 1 is 1.30 bits per heavy atom. The standard InChI is InChI=1S/C17H26N2O3Si/c1-12-7-5-6-8-15(12)18-11-13-9-14(19(21)22)10-16(17(13)20)23(2,3)4/h9-12,15,20H,5-8H2,1-4H3. The number of aromatic hydroxyl groups is 1. The number of phenolic OH excluding ortho intramolecular Hbond substituents is 1. The van der Waals surface area contributed by atoms with Crippen molar-refractivity contribution in [1.82, 2.24) is 0 Å².